The van der Waals surface area contributed by atoms with E-state index in [0.717, 1.165) is 4.90 Å². The normalized spacial score (nSPS) is 12.3. The van der Waals surface area contributed by atoms with Crippen molar-refractivity contribution in [2.24, 2.45) is 0 Å². The zero-order valence-corrected chi connectivity index (χ0v) is 12.5. The first-order valence-corrected chi connectivity index (χ1v) is 7.14. The Balaban J connectivity index is 2.60. The smallest absolute Gasteiger partial charge is 0.232 e. The molecule has 1 atom stereocenters. The summed E-state index contributed by atoms with van der Waals surface area (Å²) < 4.78 is 0. The fourth-order valence-electron chi connectivity index (χ4n) is 1.20. The summed E-state index contributed by atoms with van der Waals surface area (Å²) in [5.41, 5.74) is 0. The second kappa shape index (κ2) is 7.24. The predicted molar refractivity (Wildman–Crippen MR) is 76.5 cm³/mol. The predicted octanol–water partition coefficient (Wildman–Crippen LogP) is 2.92. The third kappa shape index (κ3) is 4.35. The number of rotatable bonds is 5. The van der Waals surface area contributed by atoms with E-state index in [4.69, 9.17) is 28.3 Å². The molecule has 0 aliphatic rings. The number of halogens is 2. The topological polar surface area (TPSA) is 40.5 Å². The van der Waals surface area contributed by atoms with E-state index < -0.39 is 0 Å². The lowest BCUT2D eigenvalue weighted by Crippen LogP contribution is -2.38. The molecule has 0 heterocycles. The number of carbonyl (C=O) groups is 1. The van der Waals surface area contributed by atoms with Crippen LogP contribution in [0.2, 0.25) is 10.0 Å². The van der Waals surface area contributed by atoms with Gasteiger partial charge in [-0.05, 0) is 25.1 Å². The van der Waals surface area contributed by atoms with Crippen LogP contribution in [0.3, 0.4) is 0 Å². The van der Waals surface area contributed by atoms with Gasteiger partial charge in [0.25, 0.3) is 0 Å². The van der Waals surface area contributed by atoms with Gasteiger partial charge in [0.15, 0.2) is 0 Å². The number of amides is 1. The number of aliphatic hydroxyl groups is 1. The Morgan fingerprint density at radius 2 is 2.17 bits per heavy atom. The van der Waals surface area contributed by atoms with Crippen LogP contribution in [-0.4, -0.2) is 41.4 Å². The zero-order valence-electron chi connectivity index (χ0n) is 10.2. The van der Waals surface area contributed by atoms with Crippen LogP contribution in [0.4, 0.5) is 0 Å². The van der Waals surface area contributed by atoms with Gasteiger partial charge >= 0.3 is 0 Å². The molecule has 1 aromatic rings. The number of hydrogen-bond donors (Lipinski definition) is 1. The number of likely N-dealkylation sites (N-methyl/N-ethyl adjacent to an activating group) is 1. The molecule has 0 aromatic heterocycles. The number of hydrogen-bond acceptors (Lipinski definition) is 3. The van der Waals surface area contributed by atoms with Gasteiger partial charge in [-0.2, -0.15) is 0 Å². The maximum Gasteiger partial charge on any atom is 0.232 e. The van der Waals surface area contributed by atoms with Gasteiger partial charge in [0.05, 0.1) is 23.4 Å². The van der Waals surface area contributed by atoms with E-state index in [1.165, 1.54) is 16.7 Å². The van der Waals surface area contributed by atoms with E-state index in [2.05, 4.69) is 0 Å². The molecule has 1 aromatic carbocycles. The molecule has 1 rings (SSSR count). The van der Waals surface area contributed by atoms with Crippen molar-refractivity contribution in [2.75, 3.05) is 19.4 Å². The van der Waals surface area contributed by atoms with Crippen LogP contribution in [0, 0.1) is 0 Å². The molecule has 1 amide bonds. The van der Waals surface area contributed by atoms with E-state index in [0.29, 0.717) is 10.0 Å². The van der Waals surface area contributed by atoms with Crippen molar-refractivity contribution >= 4 is 40.9 Å². The lowest BCUT2D eigenvalue weighted by molar-refractivity contribution is -0.129. The minimum Gasteiger partial charge on any atom is -0.394 e. The van der Waals surface area contributed by atoms with Gasteiger partial charge in [0.1, 0.15) is 0 Å². The van der Waals surface area contributed by atoms with Gasteiger partial charge in [0.2, 0.25) is 5.91 Å². The summed E-state index contributed by atoms with van der Waals surface area (Å²) in [7, 11) is 1.67. The minimum absolute atomic E-state index is 0.0508. The summed E-state index contributed by atoms with van der Waals surface area (Å²) in [5.74, 6) is 0.207. The Bertz CT molecular complexity index is 429. The van der Waals surface area contributed by atoms with Crippen LogP contribution in [-0.2, 0) is 4.79 Å². The number of aliphatic hydroxyl groups excluding tert-OH is 1. The molecule has 0 saturated heterocycles. The summed E-state index contributed by atoms with van der Waals surface area (Å²) in [4.78, 5) is 14.1. The van der Waals surface area contributed by atoms with Gasteiger partial charge < -0.3 is 10.0 Å². The van der Waals surface area contributed by atoms with Crippen LogP contribution < -0.4 is 0 Å². The van der Waals surface area contributed by atoms with Crippen molar-refractivity contribution in [1.29, 1.82) is 0 Å². The van der Waals surface area contributed by atoms with Crippen molar-refractivity contribution in [3.63, 3.8) is 0 Å². The third-order valence-electron chi connectivity index (χ3n) is 2.56. The Morgan fingerprint density at radius 3 is 2.78 bits per heavy atom. The van der Waals surface area contributed by atoms with Gasteiger partial charge in [0, 0.05) is 17.0 Å². The van der Waals surface area contributed by atoms with Gasteiger partial charge in [-0.1, -0.05) is 23.2 Å². The standard InChI is InChI=1S/C12H15Cl2NO2S/c1-8(6-16)15(2)12(17)7-18-11-5-9(13)3-4-10(11)14/h3-5,8,16H,6-7H2,1-2H3. The number of nitrogens with zero attached hydrogens (tertiary/aromatic N) is 1. The van der Waals surface area contributed by atoms with Gasteiger partial charge in [-0.25, -0.2) is 0 Å². The maximum atomic E-state index is 11.8. The lowest BCUT2D eigenvalue weighted by atomic mass is 10.3. The number of carbonyl (C=O) groups excluding carboxylic acids is 1. The first-order chi connectivity index (χ1) is 8.45. The molecule has 100 valence electrons. The fraction of sp³-hybridized carbons (Fsp3) is 0.417. The summed E-state index contributed by atoms with van der Waals surface area (Å²) in [6.45, 7) is 1.74. The monoisotopic (exact) mass is 307 g/mol. The van der Waals surface area contributed by atoms with Crippen molar-refractivity contribution in [3.05, 3.63) is 28.2 Å². The Kier molecular flexibility index (Phi) is 6.29. The van der Waals surface area contributed by atoms with Gasteiger partial charge in [-0.15, -0.1) is 11.8 Å². The fourth-order valence-corrected chi connectivity index (χ4v) is 2.61. The van der Waals surface area contributed by atoms with Crippen molar-refractivity contribution in [3.8, 4) is 0 Å². The summed E-state index contributed by atoms with van der Waals surface area (Å²) in [6, 6.07) is 4.96. The largest absolute Gasteiger partial charge is 0.394 e. The summed E-state index contributed by atoms with van der Waals surface area (Å²) in [5, 5.41) is 10.1. The van der Waals surface area contributed by atoms with Crippen molar-refractivity contribution in [1.82, 2.24) is 4.90 Å². The molecule has 0 fully saturated rings. The van der Waals surface area contributed by atoms with E-state index in [-0.39, 0.29) is 24.3 Å². The minimum atomic E-state index is -0.187. The highest BCUT2D eigenvalue weighted by atomic mass is 35.5. The first kappa shape index (κ1) is 15.6. The van der Waals surface area contributed by atoms with E-state index >= 15 is 0 Å². The second-order valence-corrected chi connectivity index (χ2v) is 5.76. The molecule has 0 aliphatic carbocycles. The lowest BCUT2D eigenvalue weighted by Gasteiger charge is -2.23. The zero-order chi connectivity index (χ0) is 13.7. The quantitative estimate of drug-likeness (QED) is 0.850. The van der Waals surface area contributed by atoms with Crippen LogP contribution in [0.25, 0.3) is 0 Å². The maximum absolute atomic E-state index is 11.8. The Hall–Kier alpha value is -0.420. The van der Waals surface area contributed by atoms with Crippen LogP contribution in [0.15, 0.2) is 23.1 Å². The molecule has 0 bridgehead atoms. The van der Waals surface area contributed by atoms with E-state index in [9.17, 15) is 4.79 Å². The molecule has 18 heavy (non-hydrogen) atoms. The molecule has 0 radical (unpaired) electrons. The molecule has 1 N–H and O–H groups in total. The van der Waals surface area contributed by atoms with Gasteiger partial charge in [-0.3, -0.25) is 4.79 Å². The molecular weight excluding hydrogens is 293 g/mol. The van der Waals surface area contributed by atoms with Crippen molar-refractivity contribution in [2.45, 2.75) is 17.9 Å². The molecule has 0 spiro atoms. The first-order valence-electron chi connectivity index (χ1n) is 5.40. The SMILES string of the molecule is CC(CO)N(C)C(=O)CSc1cc(Cl)ccc1Cl. The molecule has 0 saturated carbocycles. The number of thioether (sulfide) groups is 1. The van der Waals surface area contributed by atoms with Crippen molar-refractivity contribution < 1.29 is 9.90 Å². The summed E-state index contributed by atoms with van der Waals surface area (Å²) >= 11 is 13.2. The highest BCUT2D eigenvalue weighted by Crippen LogP contribution is 2.29. The molecule has 1 unspecified atom stereocenters. The number of benzene rings is 1. The molecule has 3 nitrogen and oxygen atoms in total. The molecule has 0 aliphatic heterocycles. The average Bonchev–Trinajstić information content (AvgIpc) is 2.37. The van der Waals surface area contributed by atoms with Crippen LogP contribution in [0.5, 0.6) is 0 Å². The van der Waals surface area contributed by atoms with Crippen LogP contribution >= 0.6 is 35.0 Å². The van der Waals surface area contributed by atoms with Crippen LogP contribution in [0.1, 0.15) is 6.92 Å². The molecule has 6 heteroatoms. The molecular formula is C12H15Cl2NO2S. The summed E-state index contributed by atoms with van der Waals surface area (Å²) in [6.07, 6.45) is 0. The third-order valence-corrected chi connectivity index (χ3v) is 4.28. The van der Waals surface area contributed by atoms with E-state index in [1.807, 2.05) is 0 Å². The average molecular weight is 308 g/mol. The second-order valence-electron chi connectivity index (χ2n) is 3.90. The van der Waals surface area contributed by atoms with E-state index in [1.54, 1.807) is 32.2 Å². The Labute approximate surface area is 121 Å². The Morgan fingerprint density at radius 1 is 1.50 bits per heavy atom. The highest BCUT2D eigenvalue weighted by molar-refractivity contribution is 8.00. The highest BCUT2D eigenvalue weighted by Gasteiger charge is 2.15.